The molecular weight excluding hydrogens is 266 g/mol. The van der Waals surface area contributed by atoms with Gasteiger partial charge in [-0.1, -0.05) is 30.3 Å². The molecule has 1 heterocycles. The van der Waals surface area contributed by atoms with E-state index in [1.807, 2.05) is 12.3 Å². The van der Waals surface area contributed by atoms with E-state index in [-0.39, 0.29) is 12.4 Å². The molecule has 0 saturated carbocycles. The van der Waals surface area contributed by atoms with Gasteiger partial charge in [0.2, 0.25) is 0 Å². The number of rotatable bonds is 5. The number of halogens is 1. The van der Waals surface area contributed by atoms with E-state index in [4.69, 9.17) is 5.73 Å². The average molecular weight is 284 g/mol. The minimum absolute atomic E-state index is 0. The van der Waals surface area contributed by atoms with Gasteiger partial charge in [-0.15, -0.1) is 23.7 Å². The molecule has 18 heavy (non-hydrogen) atoms. The Morgan fingerprint density at radius 1 is 1.28 bits per heavy atom. The molecule has 2 rings (SSSR count). The summed E-state index contributed by atoms with van der Waals surface area (Å²) in [4.78, 5) is 7.57. The largest absolute Gasteiger partial charge is 0.375 e. The van der Waals surface area contributed by atoms with Gasteiger partial charge >= 0.3 is 0 Å². The Labute approximate surface area is 118 Å². The van der Waals surface area contributed by atoms with Crippen molar-refractivity contribution in [2.45, 2.75) is 13.0 Å². The Balaban J connectivity index is 0.00000162. The van der Waals surface area contributed by atoms with Crippen LogP contribution in [-0.4, -0.2) is 23.5 Å². The number of hydrogen-bond donors (Lipinski definition) is 1. The number of benzene rings is 1. The number of nitrogen functional groups attached to an aromatic ring is 1. The van der Waals surface area contributed by atoms with Crippen LogP contribution in [0.1, 0.15) is 10.4 Å². The molecule has 3 nitrogen and oxygen atoms in total. The molecule has 0 atom stereocenters. The van der Waals surface area contributed by atoms with Gasteiger partial charge in [0, 0.05) is 24.2 Å². The molecule has 0 aliphatic heterocycles. The maximum Gasteiger partial charge on any atom is 0.180 e. The predicted molar refractivity (Wildman–Crippen MR) is 80.3 cm³/mol. The summed E-state index contributed by atoms with van der Waals surface area (Å²) in [6.07, 6.45) is 2.94. The first-order chi connectivity index (χ1) is 8.24. The zero-order chi connectivity index (χ0) is 12.1. The van der Waals surface area contributed by atoms with Gasteiger partial charge in [-0.3, -0.25) is 0 Å². The summed E-state index contributed by atoms with van der Waals surface area (Å²) in [6.45, 7) is 1.96. The monoisotopic (exact) mass is 283 g/mol. The summed E-state index contributed by atoms with van der Waals surface area (Å²) in [5, 5.41) is 0.649. The lowest BCUT2D eigenvalue weighted by Gasteiger charge is -2.15. The Morgan fingerprint density at radius 3 is 2.61 bits per heavy atom. The molecule has 1 aromatic heterocycles. The fourth-order valence-corrected chi connectivity index (χ4v) is 2.47. The second kappa shape index (κ2) is 7.36. The number of aromatic nitrogens is 1. The van der Waals surface area contributed by atoms with Crippen LogP contribution in [-0.2, 0) is 13.0 Å². The highest BCUT2D eigenvalue weighted by molar-refractivity contribution is 7.15. The van der Waals surface area contributed by atoms with Gasteiger partial charge < -0.3 is 10.6 Å². The number of likely N-dealkylation sites (N-methyl/N-ethyl adjacent to an activating group) is 1. The van der Waals surface area contributed by atoms with E-state index in [1.165, 1.54) is 10.4 Å². The van der Waals surface area contributed by atoms with Crippen LogP contribution >= 0.6 is 23.7 Å². The van der Waals surface area contributed by atoms with E-state index in [0.717, 1.165) is 19.5 Å². The van der Waals surface area contributed by atoms with Crippen LogP contribution in [0.2, 0.25) is 0 Å². The van der Waals surface area contributed by atoms with E-state index in [0.29, 0.717) is 5.13 Å². The van der Waals surface area contributed by atoms with Gasteiger partial charge in [0.15, 0.2) is 5.13 Å². The normalized spacial score (nSPS) is 10.3. The fraction of sp³-hybridized carbons (Fsp3) is 0.308. The minimum atomic E-state index is 0. The summed E-state index contributed by atoms with van der Waals surface area (Å²) in [6, 6.07) is 10.5. The third kappa shape index (κ3) is 4.64. The van der Waals surface area contributed by atoms with Gasteiger partial charge in [0.1, 0.15) is 0 Å². The van der Waals surface area contributed by atoms with Crippen molar-refractivity contribution in [3.05, 3.63) is 47.0 Å². The molecule has 0 fully saturated rings. The van der Waals surface area contributed by atoms with E-state index >= 15 is 0 Å². The molecule has 0 unspecified atom stereocenters. The molecule has 98 valence electrons. The van der Waals surface area contributed by atoms with E-state index in [2.05, 4.69) is 41.2 Å². The van der Waals surface area contributed by atoms with Crippen molar-refractivity contribution in [3.63, 3.8) is 0 Å². The van der Waals surface area contributed by atoms with Crippen LogP contribution in [0.3, 0.4) is 0 Å². The number of hydrogen-bond acceptors (Lipinski definition) is 4. The Kier molecular flexibility index (Phi) is 6.12. The predicted octanol–water partition coefficient (Wildman–Crippen LogP) is 2.82. The van der Waals surface area contributed by atoms with Crippen LogP contribution < -0.4 is 5.73 Å². The first-order valence-corrected chi connectivity index (χ1v) is 6.48. The van der Waals surface area contributed by atoms with Crippen molar-refractivity contribution in [1.82, 2.24) is 9.88 Å². The first-order valence-electron chi connectivity index (χ1n) is 5.66. The molecule has 0 bridgehead atoms. The van der Waals surface area contributed by atoms with Gasteiger partial charge in [-0.05, 0) is 19.0 Å². The fourth-order valence-electron chi connectivity index (χ4n) is 1.71. The Bertz CT molecular complexity index is 458. The molecule has 5 heteroatoms. The Hall–Kier alpha value is -1.10. The van der Waals surface area contributed by atoms with Crippen molar-refractivity contribution < 1.29 is 0 Å². The molecule has 1 aromatic carbocycles. The molecule has 0 aliphatic rings. The van der Waals surface area contributed by atoms with E-state index in [1.54, 1.807) is 11.3 Å². The molecular formula is C13H18ClN3S. The number of nitrogens with zero attached hydrogens (tertiary/aromatic N) is 2. The third-order valence-corrected chi connectivity index (χ3v) is 3.43. The SMILES string of the molecule is CN(CCc1ccccc1)Cc1cnc(N)s1.Cl. The highest BCUT2D eigenvalue weighted by Crippen LogP contribution is 2.16. The highest BCUT2D eigenvalue weighted by atomic mass is 35.5. The number of nitrogens with two attached hydrogens (primary N) is 1. The van der Waals surface area contributed by atoms with Gasteiger partial charge in [0.05, 0.1) is 0 Å². The molecule has 0 saturated heterocycles. The zero-order valence-electron chi connectivity index (χ0n) is 10.4. The first kappa shape index (κ1) is 15.0. The van der Waals surface area contributed by atoms with Crippen LogP contribution in [0.15, 0.2) is 36.5 Å². The minimum Gasteiger partial charge on any atom is -0.375 e. The van der Waals surface area contributed by atoms with Crippen molar-refractivity contribution in [1.29, 1.82) is 0 Å². The second-order valence-electron chi connectivity index (χ2n) is 4.14. The molecule has 0 amide bonds. The van der Waals surface area contributed by atoms with E-state index in [9.17, 15) is 0 Å². The highest BCUT2D eigenvalue weighted by Gasteiger charge is 2.03. The standard InChI is InChI=1S/C13H17N3S.ClH/c1-16(10-12-9-15-13(14)17-12)8-7-11-5-3-2-4-6-11;/h2-6,9H,7-8,10H2,1H3,(H2,14,15);1H. The van der Waals surface area contributed by atoms with Gasteiger partial charge in [0.25, 0.3) is 0 Å². The van der Waals surface area contributed by atoms with Crippen LogP contribution in [0.25, 0.3) is 0 Å². The second-order valence-corrected chi connectivity index (χ2v) is 5.28. The van der Waals surface area contributed by atoms with Crippen LogP contribution in [0, 0.1) is 0 Å². The lowest BCUT2D eigenvalue weighted by atomic mass is 10.1. The lowest BCUT2D eigenvalue weighted by Crippen LogP contribution is -2.20. The molecule has 0 aliphatic carbocycles. The van der Waals surface area contributed by atoms with Crippen molar-refractivity contribution in [2.24, 2.45) is 0 Å². The molecule has 0 spiro atoms. The number of anilines is 1. The topological polar surface area (TPSA) is 42.2 Å². The average Bonchev–Trinajstić information content (AvgIpc) is 2.73. The maximum atomic E-state index is 5.61. The van der Waals surface area contributed by atoms with Crippen molar-refractivity contribution in [3.8, 4) is 0 Å². The summed E-state index contributed by atoms with van der Waals surface area (Å²) in [5.41, 5.74) is 6.99. The Morgan fingerprint density at radius 2 is 2.00 bits per heavy atom. The van der Waals surface area contributed by atoms with Gasteiger partial charge in [-0.2, -0.15) is 0 Å². The summed E-state index contributed by atoms with van der Waals surface area (Å²) in [7, 11) is 2.12. The van der Waals surface area contributed by atoms with E-state index < -0.39 is 0 Å². The van der Waals surface area contributed by atoms with Crippen LogP contribution in [0.5, 0.6) is 0 Å². The zero-order valence-corrected chi connectivity index (χ0v) is 12.0. The lowest BCUT2D eigenvalue weighted by molar-refractivity contribution is 0.334. The molecule has 2 aromatic rings. The summed E-state index contributed by atoms with van der Waals surface area (Å²) >= 11 is 1.56. The maximum absolute atomic E-state index is 5.61. The number of thiazole rings is 1. The summed E-state index contributed by atoms with van der Waals surface area (Å²) < 4.78 is 0. The van der Waals surface area contributed by atoms with Crippen molar-refractivity contribution in [2.75, 3.05) is 19.3 Å². The quantitative estimate of drug-likeness (QED) is 0.917. The molecule has 2 N–H and O–H groups in total. The summed E-state index contributed by atoms with van der Waals surface area (Å²) in [5.74, 6) is 0. The third-order valence-electron chi connectivity index (χ3n) is 2.62. The molecule has 0 radical (unpaired) electrons. The smallest absolute Gasteiger partial charge is 0.180 e. The van der Waals surface area contributed by atoms with Gasteiger partial charge in [-0.25, -0.2) is 4.98 Å². The van der Waals surface area contributed by atoms with Crippen molar-refractivity contribution >= 4 is 28.9 Å². The van der Waals surface area contributed by atoms with Crippen LogP contribution in [0.4, 0.5) is 5.13 Å².